The van der Waals surface area contributed by atoms with E-state index in [0.29, 0.717) is 16.6 Å². The van der Waals surface area contributed by atoms with Crippen molar-refractivity contribution < 1.29 is 4.39 Å². The highest BCUT2D eigenvalue weighted by molar-refractivity contribution is 5.80. The summed E-state index contributed by atoms with van der Waals surface area (Å²) < 4.78 is 14.6. The molecule has 146 valence electrons. The second kappa shape index (κ2) is 7.67. The van der Waals surface area contributed by atoms with Crippen LogP contribution in [0.4, 0.5) is 10.3 Å². The average Bonchev–Trinajstić information content (AvgIpc) is 2.72. The van der Waals surface area contributed by atoms with Crippen molar-refractivity contribution in [3.8, 4) is 0 Å². The Morgan fingerprint density at radius 3 is 2.79 bits per heavy atom. The molecule has 0 spiro atoms. The molecular weight excluding hydrogens is 373 g/mol. The lowest BCUT2D eigenvalue weighted by atomic mass is 10.2. The fraction of sp³-hybridized carbons (Fsp3) is 0.143. The summed E-state index contributed by atoms with van der Waals surface area (Å²) in [5.74, 6) is -0.104. The van der Waals surface area contributed by atoms with E-state index >= 15 is 0 Å². The van der Waals surface area contributed by atoms with E-state index in [1.165, 1.54) is 22.9 Å². The number of fused-ring (bicyclic) bond motifs is 1. The van der Waals surface area contributed by atoms with Gasteiger partial charge in [-0.15, -0.1) is 0 Å². The van der Waals surface area contributed by atoms with E-state index in [1.807, 2.05) is 12.1 Å². The molecule has 0 aliphatic carbocycles. The van der Waals surface area contributed by atoms with Crippen LogP contribution in [0.25, 0.3) is 10.8 Å². The van der Waals surface area contributed by atoms with Gasteiger partial charge in [0.15, 0.2) is 0 Å². The molecule has 0 unspecified atom stereocenters. The van der Waals surface area contributed by atoms with E-state index in [-0.39, 0.29) is 29.4 Å². The minimum absolute atomic E-state index is 0.234. The molecule has 2 heterocycles. The van der Waals surface area contributed by atoms with Crippen LogP contribution >= 0.6 is 0 Å². The quantitative estimate of drug-likeness (QED) is 0.546. The summed E-state index contributed by atoms with van der Waals surface area (Å²) in [4.78, 5) is 31.9. The third kappa shape index (κ3) is 3.91. The number of anilines is 1. The Balaban J connectivity index is 1.64. The molecule has 0 aliphatic heterocycles. The maximum atomic E-state index is 13.3. The van der Waals surface area contributed by atoms with Gasteiger partial charge in [0.1, 0.15) is 5.82 Å². The van der Waals surface area contributed by atoms with Crippen molar-refractivity contribution in [3.63, 3.8) is 0 Å². The molecule has 2 N–H and O–H groups in total. The number of rotatable bonds is 5. The molecule has 0 aliphatic rings. The Bertz CT molecular complexity index is 1300. The van der Waals surface area contributed by atoms with Gasteiger partial charge < -0.3 is 5.32 Å². The van der Waals surface area contributed by atoms with Crippen LogP contribution in [0.1, 0.15) is 24.2 Å². The number of aromatic nitrogens is 4. The second-order valence-electron chi connectivity index (χ2n) is 6.66. The van der Waals surface area contributed by atoms with Crippen molar-refractivity contribution in [1.82, 2.24) is 19.7 Å². The number of hydrogen-bond donors (Lipinski definition) is 2. The summed E-state index contributed by atoms with van der Waals surface area (Å²) in [6, 6.07) is 14.1. The van der Waals surface area contributed by atoms with Crippen LogP contribution in [-0.4, -0.2) is 19.7 Å². The summed E-state index contributed by atoms with van der Waals surface area (Å²) in [5.41, 5.74) is 0.475. The Morgan fingerprint density at radius 2 is 1.97 bits per heavy atom. The van der Waals surface area contributed by atoms with Crippen molar-refractivity contribution in [2.45, 2.75) is 19.5 Å². The second-order valence-corrected chi connectivity index (χ2v) is 6.66. The van der Waals surface area contributed by atoms with Gasteiger partial charge in [0, 0.05) is 18.0 Å². The highest BCUT2D eigenvalue weighted by atomic mass is 19.1. The van der Waals surface area contributed by atoms with Crippen LogP contribution in [0, 0.1) is 5.82 Å². The highest BCUT2D eigenvalue weighted by Gasteiger charge is 2.15. The summed E-state index contributed by atoms with van der Waals surface area (Å²) >= 11 is 0. The SMILES string of the molecule is C[C@@H](c1cc(=O)[nH]c(NCc2cccc(F)c2)n1)n1ncc2ccccc2c1=O. The van der Waals surface area contributed by atoms with Crippen molar-refractivity contribution in [2.24, 2.45) is 0 Å². The lowest BCUT2D eigenvalue weighted by molar-refractivity contribution is 0.524. The lowest BCUT2D eigenvalue weighted by Gasteiger charge is -2.15. The number of nitrogens with zero attached hydrogens (tertiary/aromatic N) is 3. The molecule has 0 bridgehead atoms. The van der Waals surface area contributed by atoms with Crippen LogP contribution < -0.4 is 16.4 Å². The molecule has 0 amide bonds. The summed E-state index contributed by atoms with van der Waals surface area (Å²) in [6.07, 6.45) is 1.61. The van der Waals surface area contributed by atoms with Gasteiger partial charge >= 0.3 is 0 Å². The largest absolute Gasteiger partial charge is 0.352 e. The fourth-order valence-electron chi connectivity index (χ4n) is 3.11. The topological polar surface area (TPSA) is 92.7 Å². The van der Waals surface area contributed by atoms with Gasteiger partial charge in [0.2, 0.25) is 5.95 Å². The van der Waals surface area contributed by atoms with Crippen LogP contribution in [0.5, 0.6) is 0 Å². The monoisotopic (exact) mass is 391 g/mol. The maximum absolute atomic E-state index is 13.3. The molecule has 1 atom stereocenters. The number of halogens is 1. The van der Waals surface area contributed by atoms with Crippen LogP contribution in [0.3, 0.4) is 0 Å². The highest BCUT2D eigenvalue weighted by Crippen LogP contribution is 2.15. The van der Waals surface area contributed by atoms with Crippen LogP contribution in [-0.2, 0) is 6.54 Å². The lowest BCUT2D eigenvalue weighted by Crippen LogP contribution is -2.28. The minimum atomic E-state index is -0.552. The summed E-state index contributed by atoms with van der Waals surface area (Å²) in [7, 11) is 0. The number of hydrogen-bond acceptors (Lipinski definition) is 5. The first-order valence-corrected chi connectivity index (χ1v) is 9.07. The Hall–Kier alpha value is -3.81. The smallest absolute Gasteiger partial charge is 0.275 e. The maximum Gasteiger partial charge on any atom is 0.275 e. The van der Waals surface area contributed by atoms with Gasteiger partial charge in [-0.1, -0.05) is 30.3 Å². The predicted octanol–water partition coefficient (Wildman–Crippen LogP) is 2.84. The van der Waals surface area contributed by atoms with Crippen LogP contribution in [0.15, 0.2) is 70.4 Å². The van der Waals surface area contributed by atoms with Crippen molar-refractivity contribution in [3.05, 3.63) is 98.6 Å². The van der Waals surface area contributed by atoms with E-state index in [2.05, 4.69) is 20.4 Å². The third-order valence-corrected chi connectivity index (χ3v) is 4.63. The number of aromatic amines is 1. The number of H-pyrrole nitrogens is 1. The third-order valence-electron chi connectivity index (χ3n) is 4.63. The van der Waals surface area contributed by atoms with Crippen molar-refractivity contribution >= 4 is 16.7 Å². The molecule has 29 heavy (non-hydrogen) atoms. The Morgan fingerprint density at radius 1 is 1.14 bits per heavy atom. The van der Waals surface area contributed by atoms with Gasteiger partial charge in [-0.3, -0.25) is 14.6 Å². The van der Waals surface area contributed by atoms with Crippen LogP contribution in [0.2, 0.25) is 0 Å². The van der Waals surface area contributed by atoms with E-state index in [1.54, 1.807) is 37.4 Å². The van der Waals surface area contributed by atoms with E-state index in [4.69, 9.17) is 0 Å². The first-order valence-electron chi connectivity index (χ1n) is 9.07. The van der Waals surface area contributed by atoms with Gasteiger partial charge in [-0.2, -0.15) is 5.10 Å². The fourth-order valence-corrected chi connectivity index (χ4v) is 3.11. The summed E-state index contributed by atoms with van der Waals surface area (Å²) in [5, 5.41) is 8.51. The van der Waals surface area contributed by atoms with Crippen molar-refractivity contribution in [1.29, 1.82) is 0 Å². The first kappa shape index (κ1) is 18.5. The van der Waals surface area contributed by atoms with Gasteiger partial charge in [0.25, 0.3) is 11.1 Å². The molecule has 0 saturated heterocycles. The number of benzene rings is 2. The average molecular weight is 391 g/mol. The molecule has 0 radical (unpaired) electrons. The zero-order valence-corrected chi connectivity index (χ0v) is 15.6. The molecular formula is C21H18FN5O2. The molecule has 4 rings (SSSR count). The normalized spacial score (nSPS) is 12.1. The molecule has 4 aromatic rings. The van der Waals surface area contributed by atoms with E-state index < -0.39 is 6.04 Å². The first-order chi connectivity index (χ1) is 14.0. The predicted molar refractivity (Wildman–Crippen MR) is 108 cm³/mol. The molecule has 7 nitrogen and oxygen atoms in total. The number of nitrogens with one attached hydrogen (secondary N) is 2. The van der Waals surface area contributed by atoms with Crippen molar-refractivity contribution in [2.75, 3.05) is 5.32 Å². The van der Waals surface area contributed by atoms with Gasteiger partial charge in [0.05, 0.1) is 23.3 Å². The zero-order valence-electron chi connectivity index (χ0n) is 15.6. The molecule has 2 aromatic carbocycles. The summed E-state index contributed by atoms with van der Waals surface area (Å²) in [6.45, 7) is 2.04. The zero-order chi connectivity index (χ0) is 20.4. The van der Waals surface area contributed by atoms with E-state index in [0.717, 1.165) is 5.39 Å². The standard InChI is InChI=1S/C21H18FN5O2/c1-13(27-20(29)17-8-3-2-6-15(17)12-24-27)18-10-19(28)26-21(25-18)23-11-14-5-4-7-16(22)9-14/h2-10,12-13H,11H2,1H3,(H2,23,25,26,28)/t13-/m0/s1. The molecule has 0 saturated carbocycles. The van der Waals surface area contributed by atoms with E-state index in [9.17, 15) is 14.0 Å². The molecule has 0 fully saturated rings. The van der Waals surface area contributed by atoms with Gasteiger partial charge in [-0.05, 0) is 30.7 Å². The molecule has 2 aromatic heterocycles. The molecule has 8 heteroatoms. The Kier molecular flexibility index (Phi) is 4.90. The van der Waals surface area contributed by atoms with Gasteiger partial charge in [-0.25, -0.2) is 14.1 Å². The minimum Gasteiger partial charge on any atom is -0.352 e. The Labute approximate surface area is 164 Å².